The van der Waals surface area contributed by atoms with Crippen LogP contribution in [0.2, 0.25) is 5.02 Å². The highest BCUT2D eigenvalue weighted by Crippen LogP contribution is 2.27. The highest BCUT2D eigenvalue weighted by molar-refractivity contribution is 6.30. The van der Waals surface area contributed by atoms with E-state index in [4.69, 9.17) is 11.6 Å². The van der Waals surface area contributed by atoms with Crippen molar-refractivity contribution < 1.29 is 0 Å². The van der Waals surface area contributed by atoms with Crippen molar-refractivity contribution in [3.05, 3.63) is 57.2 Å². The number of benzene rings is 1. The summed E-state index contributed by atoms with van der Waals surface area (Å²) in [5, 5.41) is 5.38. The Kier molecular flexibility index (Phi) is 2.90. The van der Waals surface area contributed by atoms with Gasteiger partial charge in [0.25, 0.3) is 5.56 Å². The van der Waals surface area contributed by atoms with E-state index < -0.39 is 0 Å². The van der Waals surface area contributed by atoms with Crippen molar-refractivity contribution in [3.8, 4) is 0 Å². The van der Waals surface area contributed by atoms with E-state index in [1.54, 1.807) is 22.5 Å². The van der Waals surface area contributed by atoms with Crippen LogP contribution in [0.3, 0.4) is 0 Å². The summed E-state index contributed by atoms with van der Waals surface area (Å²) in [6, 6.07) is 7.64. The fourth-order valence-electron chi connectivity index (χ4n) is 2.85. The van der Waals surface area contributed by atoms with E-state index in [2.05, 4.69) is 10.1 Å². The summed E-state index contributed by atoms with van der Waals surface area (Å²) in [5.41, 5.74) is 2.65. The number of hydrogen-bond acceptors (Lipinski definition) is 3. The summed E-state index contributed by atoms with van der Waals surface area (Å²) in [7, 11) is 1.79. The standard InChI is InChI=1S/C16H13ClN4O/c1-20-15-13(9-18-20)16(22)21-6-5-11(14(21)19-15)7-10-3-2-4-12(17)8-10/h2-4,7-9H,5-6H2,1H3/b11-7+. The average molecular weight is 313 g/mol. The van der Waals surface area contributed by atoms with Gasteiger partial charge in [0.05, 0.1) is 6.20 Å². The van der Waals surface area contributed by atoms with Gasteiger partial charge >= 0.3 is 0 Å². The Hall–Kier alpha value is -2.40. The Balaban J connectivity index is 1.92. The van der Waals surface area contributed by atoms with Crippen LogP contribution in [-0.4, -0.2) is 19.3 Å². The van der Waals surface area contributed by atoms with Crippen molar-refractivity contribution >= 4 is 34.3 Å². The molecule has 0 N–H and O–H groups in total. The number of aryl methyl sites for hydroxylation is 1. The van der Waals surface area contributed by atoms with E-state index in [1.807, 2.05) is 30.3 Å². The predicted molar refractivity (Wildman–Crippen MR) is 86.7 cm³/mol. The molecule has 2 aromatic heterocycles. The van der Waals surface area contributed by atoms with E-state index in [-0.39, 0.29) is 5.56 Å². The molecule has 0 saturated heterocycles. The van der Waals surface area contributed by atoms with Crippen LogP contribution in [-0.2, 0) is 13.6 Å². The first kappa shape index (κ1) is 13.3. The molecule has 0 bridgehead atoms. The molecule has 6 heteroatoms. The van der Waals surface area contributed by atoms with Gasteiger partial charge in [-0.3, -0.25) is 14.0 Å². The molecule has 0 atom stereocenters. The fourth-order valence-corrected chi connectivity index (χ4v) is 3.05. The lowest BCUT2D eigenvalue weighted by molar-refractivity contribution is 0.720. The predicted octanol–water partition coefficient (Wildman–Crippen LogP) is 2.73. The Morgan fingerprint density at radius 1 is 1.36 bits per heavy atom. The Labute approximate surface area is 131 Å². The lowest BCUT2D eigenvalue weighted by Gasteiger charge is -2.04. The summed E-state index contributed by atoms with van der Waals surface area (Å²) in [5.74, 6) is 0.723. The first-order valence-electron chi connectivity index (χ1n) is 7.02. The van der Waals surface area contributed by atoms with Crippen molar-refractivity contribution in [1.82, 2.24) is 19.3 Å². The van der Waals surface area contributed by atoms with Gasteiger partial charge in [0.1, 0.15) is 11.2 Å². The van der Waals surface area contributed by atoms with E-state index in [0.29, 0.717) is 22.6 Å². The lowest BCUT2D eigenvalue weighted by Crippen LogP contribution is -2.20. The highest BCUT2D eigenvalue weighted by atomic mass is 35.5. The monoisotopic (exact) mass is 312 g/mol. The number of allylic oxidation sites excluding steroid dienone is 1. The van der Waals surface area contributed by atoms with Crippen LogP contribution < -0.4 is 5.56 Å². The van der Waals surface area contributed by atoms with Crippen molar-refractivity contribution in [2.24, 2.45) is 7.05 Å². The zero-order valence-corrected chi connectivity index (χ0v) is 12.7. The largest absolute Gasteiger partial charge is 0.292 e. The Morgan fingerprint density at radius 2 is 2.23 bits per heavy atom. The van der Waals surface area contributed by atoms with E-state index in [1.165, 1.54) is 0 Å². The van der Waals surface area contributed by atoms with Crippen LogP contribution in [0.4, 0.5) is 0 Å². The fraction of sp³-hybridized carbons (Fsp3) is 0.188. The number of nitrogens with zero attached hydrogens (tertiary/aromatic N) is 4. The first-order chi connectivity index (χ1) is 10.6. The maximum absolute atomic E-state index is 12.5. The second kappa shape index (κ2) is 4.81. The molecule has 3 heterocycles. The minimum Gasteiger partial charge on any atom is -0.292 e. The Morgan fingerprint density at radius 3 is 3.05 bits per heavy atom. The van der Waals surface area contributed by atoms with Crippen LogP contribution in [0.15, 0.2) is 35.3 Å². The topological polar surface area (TPSA) is 52.7 Å². The molecule has 22 heavy (non-hydrogen) atoms. The van der Waals surface area contributed by atoms with Crippen molar-refractivity contribution in [2.45, 2.75) is 13.0 Å². The molecule has 0 amide bonds. The van der Waals surface area contributed by atoms with Crippen LogP contribution in [0.1, 0.15) is 17.8 Å². The van der Waals surface area contributed by atoms with E-state index in [9.17, 15) is 4.79 Å². The molecule has 0 spiro atoms. The zero-order chi connectivity index (χ0) is 15.3. The second-order valence-electron chi connectivity index (χ2n) is 5.37. The first-order valence-corrected chi connectivity index (χ1v) is 7.40. The molecule has 0 unspecified atom stereocenters. The summed E-state index contributed by atoms with van der Waals surface area (Å²) in [6.07, 6.45) is 4.41. The molecule has 110 valence electrons. The SMILES string of the molecule is Cn1ncc2c(=O)n3c(nc21)/C(=C/c1cccc(Cl)c1)CC3. The molecular weight excluding hydrogens is 300 g/mol. The molecule has 1 aliphatic rings. The molecule has 0 saturated carbocycles. The molecule has 0 fully saturated rings. The molecular formula is C16H13ClN4O. The lowest BCUT2D eigenvalue weighted by atomic mass is 10.1. The van der Waals surface area contributed by atoms with Gasteiger partial charge in [-0.15, -0.1) is 0 Å². The van der Waals surface area contributed by atoms with Crippen LogP contribution in [0.5, 0.6) is 0 Å². The normalized spacial score (nSPS) is 15.6. The van der Waals surface area contributed by atoms with Crippen molar-refractivity contribution in [2.75, 3.05) is 0 Å². The van der Waals surface area contributed by atoms with Gasteiger partial charge in [-0.2, -0.15) is 5.10 Å². The minimum atomic E-state index is -0.0254. The molecule has 3 aromatic rings. The number of rotatable bonds is 1. The summed E-state index contributed by atoms with van der Waals surface area (Å²) in [4.78, 5) is 17.1. The van der Waals surface area contributed by atoms with Gasteiger partial charge in [-0.25, -0.2) is 4.98 Å². The van der Waals surface area contributed by atoms with Crippen molar-refractivity contribution in [3.63, 3.8) is 0 Å². The van der Waals surface area contributed by atoms with Gasteiger partial charge in [-0.1, -0.05) is 23.7 Å². The number of aromatic nitrogens is 4. The van der Waals surface area contributed by atoms with Gasteiger partial charge < -0.3 is 0 Å². The molecule has 5 nitrogen and oxygen atoms in total. The van der Waals surface area contributed by atoms with Gasteiger partial charge in [-0.05, 0) is 35.8 Å². The van der Waals surface area contributed by atoms with Crippen LogP contribution in [0, 0.1) is 0 Å². The Bertz CT molecular complexity index is 983. The third-order valence-corrected chi connectivity index (χ3v) is 4.17. The minimum absolute atomic E-state index is 0.0254. The molecule has 4 rings (SSSR count). The maximum atomic E-state index is 12.5. The van der Waals surface area contributed by atoms with E-state index >= 15 is 0 Å². The van der Waals surface area contributed by atoms with Gasteiger partial charge in [0.15, 0.2) is 5.65 Å². The molecule has 0 aliphatic carbocycles. The second-order valence-corrected chi connectivity index (χ2v) is 5.81. The highest BCUT2D eigenvalue weighted by Gasteiger charge is 2.22. The summed E-state index contributed by atoms with van der Waals surface area (Å²) in [6.45, 7) is 0.651. The maximum Gasteiger partial charge on any atom is 0.264 e. The molecule has 0 radical (unpaired) electrons. The summed E-state index contributed by atoms with van der Waals surface area (Å²) < 4.78 is 3.35. The molecule has 1 aromatic carbocycles. The summed E-state index contributed by atoms with van der Waals surface area (Å²) >= 11 is 6.03. The van der Waals surface area contributed by atoms with E-state index in [0.717, 1.165) is 23.4 Å². The smallest absolute Gasteiger partial charge is 0.264 e. The van der Waals surface area contributed by atoms with Crippen LogP contribution >= 0.6 is 11.6 Å². The number of hydrogen-bond donors (Lipinski definition) is 0. The zero-order valence-electron chi connectivity index (χ0n) is 12.0. The number of halogens is 1. The van der Waals surface area contributed by atoms with Crippen LogP contribution in [0.25, 0.3) is 22.7 Å². The quantitative estimate of drug-likeness (QED) is 0.694. The van der Waals surface area contributed by atoms with Gasteiger partial charge in [0, 0.05) is 18.6 Å². The molecule has 1 aliphatic heterocycles. The third kappa shape index (κ3) is 1.97. The number of fused-ring (bicyclic) bond motifs is 2. The van der Waals surface area contributed by atoms with Crippen molar-refractivity contribution in [1.29, 1.82) is 0 Å². The third-order valence-electron chi connectivity index (χ3n) is 3.93. The average Bonchev–Trinajstić information content (AvgIpc) is 3.05. The van der Waals surface area contributed by atoms with Gasteiger partial charge in [0.2, 0.25) is 0 Å².